The van der Waals surface area contributed by atoms with E-state index in [1.54, 1.807) is 19.2 Å². The first kappa shape index (κ1) is 27.3. The molecule has 0 aliphatic carbocycles. The number of methoxy groups -OCH3 is 2. The third-order valence-electron chi connectivity index (χ3n) is 5.66. The van der Waals surface area contributed by atoms with Crippen molar-refractivity contribution in [2.45, 2.75) is 26.4 Å². The summed E-state index contributed by atoms with van der Waals surface area (Å²) in [4.78, 5) is 9.41. The van der Waals surface area contributed by atoms with Gasteiger partial charge in [0.25, 0.3) is 0 Å². The maximum atomic E-state index is 14.0. The zero-order chi connectivity index (χ0) is 22.9. The van der Waals surface area contributed by atoms with Gasteiger partial charge in [-0.2, -0.15) is 0 Å². The molecule has 0 bridgehead atoms. The molecule has 0 spiro atoms. The van der Waals surface area contributed by atoms with Crippen molar-refractivity contribution in [3.05, 3.63) is 41.2 Å². The number of nitrogens with one attached hydrogen (secondary N) is 1. The summed E-state index contributed by atoms with van der Waals surface area (Å²) in [6.45, 7) is 8.02. The fourth-order valence-corrected chi connectivity index (χ4v) is 3.60. The second-order valence-corrected chi connectivity index (χ2v) is 7.87. The quantitative estimate of drug-likeness (QED) is 0.213. The minimum Gasteiger partial charge on any atom is -0.494 e. The number of aromatic nitrogens is 3. The second-order valence-electron chi connectivity index (χ2n) is 7.87. The van der Waals surface area contributed by atoms with Gasteiger partial charge in [0.15, 0.2) is 23.4 Å². The van der Waals surface area contributed by atoms with Crippen molar-refractivity contribution in [2.24, 2.45) is 12.0 Å². The van der Waals surface area contributed by atoms with E-state index in [-0.39, 0.29) is 35.5 Å². The SMILES string of the molecule is COCCCNC(=NCc1nnc(C)n1C)N1CCN(Cc2ccc(OC)c(F)c2)CC1.I. The molecule has 2 aromatic rings. The Labute approximate surface area is 212 Å². The van der Waals surface area contributed by atoms with Crippen LogP contribution in [0, 0.1) is 12.7 Å². The zero-order valence-electron chi connectivity index (χ0n) is 19.9. The minimum absolute atomic E-state index is 0. The predicted molar refractivity (Wildman–Crippen MR) is 137 cm³/mol. The lowest BCUT2D eigenvalue weighted by molar-refractivity contribution is 0.171. The topological polar surface area (TPSA) is 80.0 Å². The second kappa shape index (κ2) is 13.7. The van der Waals surface area contributed by atoms with Gasteiger partial charge in [0.1, 0.15) is 12.4 Å². The molecule has 184 valence electrons. The van der Waals surface area contributed by atoms with E-state index in [1.807, 2.05) is 24.6 Å². The summed E-state index contributed by atoms with van der Waals surface area (Å²) >= 11 is 0. The zero-order valence-corrected chi connectivity index (χ0v) is 22.2. The summed E-state index contributed by atoms with van der Waals surface area (Å²) in [6, 6.07) is 5.16. The number of rotatable bonds is 9. The summed E-state index contributed by atoms with van der Waals surface area (Å²) < 4.78 is 26.1. The van der Waals surface area contributed by atoms with Crippen molar-refractivity contribution in [1.82, 2.24) is 29.9 Å². The predicted octanol–water partition coefficient (Wildman–Crippen LogP) is 2.19. The maximum Gasteiger partial charge on any atom is 0.194 e. The summed E-state index contributed by atoms with van der Waals surface area (Å²) in [6.07, 6.45) is 0.904. The van der Waals surface area contributed by atoms with Crippen LogP contribution in [0.5, 0.6) is 5.75 Å². The number of piperazine rings is 1. The number of hydrogen-bond acceptors (Lipinski definition) is 6. The number of hydrogen-bond donors (Lipinski definition) is 1. The first-order valence-electron chi connectivity index (χ1n) is 10.9. The van der Waals surface area contributed by atoms with Gasteiger partial charge in [-0.05, 0) is 31.0 Å². The van der Waals surface area contributed by atoms with Crippen molar-refractivity contribution in [1.29, 1.82) is 0 Å². The van der Waals surface area contributed by atoms with E-state index in [2.05, 4.69) is 25.3 Å². The van der Waals surface area contributed by atoms with Crippen LogP contribution in [0.4, 0.5) is 4.39 Å². The number of ether oxygens (including phenoxy) is 2. The molecule has 0 unspecified atom stereocenters. The highest BCUT2D eigenvalue weighted by Crippen LogP contribution is 2.19. The Hall–Kier alpha value is -1.99. The number of benzene rings is 1. The Morgan fingerprint density at radius 2 is 1.94 bits per heavy atom. The van der Waals surface area contributed by atoms with Crippen LogP contribution in [0.15, 0.2) is 23.2 Å². The van der Waals surface area contributed by atoms with Crippen LogP contribution in [-0.4, -0.2) is 84.1 Å². The minimum atomic E-state index is -0.322. The van der Waals surface area contributed by atoms with Gasteiger partial charge in [0.05, 0.1) is 7.11 Å². The van der Waals surface area contributed by atoms with E-state index in [1.165, 1.54) is 7.11 Å². The number of halogens is 2. The van der Waals surface area contributed by atoms with Crippen molar-refractivity contribution >= 4 is 29.9 Å². The third-order valence-corrected chi connectivity index (χ3v) is 5.66. The Bertz CT molecular complexity index is 901. The van der Waals surface area contributed by atoms with E-state index < -0.39 is 0 Å². The van der Waals surface area contributed by atoms with Crippen molar-refractivity contribution in [3.8, 4) is 5.75 Å². The molecule has 1 saturated heterocycles. The molecule has 0 saturated carbocycles. The van der Waals surface area contributed by atoms with Gasteiger partial charge in [0.2, 0.25) is 0 Å². The van der Waals surface area contributed by atoms with Crippen LogP contribution in [0.25, 0.3) is 0 Å². The number of nitrogens with zero attached hydrogens (tertiary/aromatic N) is 6. The van der Waals surface area contributed by atoms with Crippen molar-refractivity contribution in [3.63, 3.8) is 0 Å². The van der Waals surface area contributed by atoms with Gasteiger partial charge < -0.3 is 24.3 Å². The van der Waals surface area contributed by atoms with Crippen LogP contribution < -0.4 is 10.1 Å². The average Bonchev–Trinajstić information content (AvgIpc) is 3.12. The highest BCUT2D eigenvalue weighted by atomic mass is 127. The van der Waals surface area contributed by atoms with Gasteiger partial charge in [-0.25, -0.2) is 9.38 Å². The van der Waals surface area contributed by atoms with Crippen LogP contribution in [0.1, 0.15) is 23.6 Å². The first-order chi connectivity index (χ1) is 15.5. The van der Waals surface area contributed by atoms with Crippen LogP contribution >= 0.6 is 24.0 Å². The molecule has 0 atom stereocenters. The maximum absolute atomic E-state index is 14.0. The first-order valence-corrected chi connectivity index (χ1v) is 10.9. The van der Waals surface area contributed by atoms with Gasteiger partial charge in [-0.1, -0.05) is 6.07 Å². The van der Waals surface area contributed by atoms with E-state index in [9.17, 15) is 4.39 Å². The lowest BCUT2D eigenvalue weighted by Gasteiger charge is -2.36. The molecule has 0 amide bonds. The van der Waals surface area contributed by atoms with Crippen LogP contribution in [-0.2, 0) is 24.9 Å². The molecule has 0 radical (unpaired) electrons. The highest BCUT2D eigenvalue weighted by molar-refractivity contribution is 14.0. The molecule has 33 heavy (non-hydrogen) atoms. The molecular formula is C22H35FIN7O2. The summed E-state index contributed by atoms with van der Waals surface area (Å²) in [5.74, 6) is 2.53. The fraction of sp³-hybridized carbons (Fsp3) is 0.591. The van der Waals surface area contributed by atoms with E-state index in [4.69, 9.17) is 14.5 Å². The fourth-order valence-electron chi connectivity index (χ4n) is 3.60. The summed E-state index contributed by atoms with van der Waals surface area (Å²) in [5.41, 5.74) is 0.945. The van der Waals surface area contributed by atoms with Crippen LogP contribution in [0.2, 0.25) is 0 Å². The number of aryl methyl sites for hydroxylation is 1. The van der Waals surface area contributed by atoms with Crippen molar-refractivity contribution < 1.29 is 13.9 Å². The lowest BCUT2D eigenvalue weighted by Crippen LogP contribution is -2.52. The Balaban J connectivity index is 0.00000385. The Morgan fingerprint density at radius 3 is 2.55 bits per heavy atom. The molecule has 1 N–H and O–H groups in total. The smallest absolute Gasteiger partial charge is 0.194 e. The molecule has 2 heterocycles. The van der Waals surface area contributed by atoms with Gasteiger partial charge >= 0.3 is 0 Å². The normalized spacial score (nSPS) is 14.8. The van der Waals surface area contributed by atoms with Gasteiger partial charge in [0, 0.05) is 60.0 Å². The molecule has 3 rings (SSSR count). The summed E-state index contributed by atoms with van der Waals surface area (Å²) in [5, 5.41) is 11.8. The monoisotopic (exact) mass is 575 g/mol. The molecular weight excluding hydrogens is 540 g/mol. The number of guanidine groups is 1. The molecule has 1 aliphatic heterocycles. The third kappa shape index (κ3) is 7.78. The largest absolute Gasteiger partial charge is 0.494 e. The lowest BCUT2D eigenvalue weighted by atomic mass is 10.2. The Morgan fingerprint density at radius 1 is 1.18 bits per heavy atom. The Kier molecular flexibility index (Phi) is 11.3. The standard InChI is InChI=1S/C22H34FN7O2.HI/c1-17-26-27-21(28(17)2)15-25-22(24-8-5-13-31-3)30-11-9-29(10-12-30)16-18-6-7-20(32-4)19(23)14-18;/h6-7,14H,5,8-13,15-16H2,1-4H3,(H,24,25);1H. The van der Waals surface area contributed by atoms with E-state index in [0.717, 1.165) is 62.3 Å². The molecule has 11 heteroatoms. The van der Waals surface area contributed by atoms with Gasteiger partial charge in [-0.15, -0.1) is 34.2 Å². The molecule has 9 nitrogen and oxygen atoms in total. The van der Waals surface area contributed by atoms with Crippen molar-refractivity contribution in [2.75, 3.05) is 53.6 Å². The average molecular weight is 575 g/mol. The van der Waals surface area contributed by atoms with E-state index >= 15 is 0 Å². The molecule has 1 aliphatic rings. The number of aliphatic imine (C=N–C) groups is 1. The van der Waals surface area contributed by atoms with E-state index in [0.29, 0.717) is 19.7 Å². The highest BCUT2D eigenvalue weighted by Gasteiger charge is 2.20. The summed E-state index contributed by atoms with van der Waals surface area (Å²) in [7, 11) is 5.14. The van der Waals surface area contributed by atoms with Gasteiger partial charge in [-0.3, -0.25) is 4.90 Å². The molecule has 1 fully saturated rings. The molecule has 1 aromatic heterocycles. The van der Waals surface area contributed by atoms with Crippen LogP contribution in [0.3, 0.4) is 0 Å². The molecule has 1 aromatic carbocycles.